The minimum absolute atomic E-state index is 0.853. The summed E-state index contributed by atoms with van der Waals surface area (Å²) in [5, 5.41) is 0. The minimum atomic E-state index is 0.853. The molecule has 2 aliphatic carbocycles. The summed E-state index contributed by atoms with van der Waals surface area (Å²) >= 11 is 0. The highest BCUT2D eigenvalue weighted by Gasteiger charge is 2.37. The van der Waals surface area contributed by atoms with E-state index in [1.807, 2.05) is 11.1 Å². The van der Waals surface area contributed by atoms with Crippen LogP contribution < -0.4 is 0 Å². The van der Waals surface area contributed by atoms with Gasteiger partial charge in [-0.05, 0) is 49.4 Å². The average Bonchev–Trinajstić information content (AvgIpc) is 2.66. The lowest BCUT2D eigenvalue weighted by Gasteiger charge is -2.37. The van der Waals surface area contributed by atoms with Crippen molar-refractivity contribution in [2.45, 2.75) is 72.6 Å². The Morgan fingerprint density at radius 2 is 2.00 bits per heavy atom. The molecule has 0 aliphatic heterocycles. The van der Waals surface area contributed by atoms with E-state index in [9.17, 15) is 0 Å². The van der Waals surface area contributed by atoms with E-state index in [1.54, 1.807) is 0 Å². The van der Waals surface area contributed by atoms with Crippen LogP contribution in [-0.2, 0) is 0 Å². The van der Waals surface area contributed by atoms with Crippen LogP contribution in [0.3, 0.4) is 0 Å². The zero-order chi connectivity index (χ0) is 12.4. The summed E-state index contributed by atoms with van der Waals surface area (Å²) in [4.78, 5) is 0. The Kier molecular flexibility index (Phi) is 4.33. The summed E-state index contributed by atoms with van der Waals surface area (Å²) in [6.45, 7) is 9.75. The van der Waals surface area contributed by atoms with Crippen LogP contribution >= 0.6 is 0 Å². The van der Waals surface area contributed by atoms with E-state index in [1.165, 1.54) is 44.9 Å². The molecule has 4 atom stereocenters. The van der Waals surface area contributed by atoms with Crippen LogP contribution in [0, 0.1) is 23.7 Å². The van der Waals surface area contributed by atoms with E-state index in [2.05, 4.69) is 27.7 Å². The lowest BCUT2D eigenvalue weighted by molar-refractivity contribution is 0.270. The molecule has 0 amide bonds. The largest absolute Gasteiger partial charge is 0.0673 e. The first-order chi connectivity index (χ1) is 8.15. The molecule has 0 aromatic heterocycles. The minimum Gasteiger partial charge on any atom is -0.0673 e. The summed E-state index contributed by atoms with van der Waals surface area (Å²) < 4.78 is 0. The molecule has 0 spiro atoms. The fraction of sp³-hybridized carbons (Fsp3) is 0.882. The highest BCUT2D eigenvalue weighted by Crippen LogP contribution is 2.51. The Morgan fingerprint density at radius 1 is 1.24 bits per heavy atom. The second kappa shape index (κ2) is 5.59. The average molecular weight is 234 g/mol. The number of rotatable bonds is 6. The van der Waals surface area contributed by atoms with Gasteiger partial charge in [-0.25, -0.2) is 0 Å². The molecule has 17 heavy (non-hydrogen) atoms. The molecule has 0 heteroatoms. The van der Waals surface area contributed by atoms with E-state index in [0.29, 0.717) is 0 Å². The topological polar surface area (TPSA) is 0 Å². The Balaban J connectivity index is 1.91. The maximum Gasteiger partial charge on any atom is -0.0163 e. The molecule has 0 heterocycles. The van der Waals surface area contributed by atoms with Gasteiger partial charge in [0.2, 0.25) is 0 Å². The van der Waals surface area contributed by atoms with E-state index >= 15 is 0 Å². The summed E-state index contributed by atoms with van der Waals surface area (Å²) in [6, 6.07) is 0. The molecule has 98 valence electrons. The first-order valence-corrected chi connectivity index (χ1v) is 7.87. The monoisotopic (exact) mass is 234 g/mol. The van der Waals surface area contributed by atoms with Crippen LogP contribution in [0.1, 0.15) is 72.6 Å². The molecule has 0 bridgehead atoms. The predicted octanol–water partition coefficient (Wildman–Crippen LogP) is 5.59. The number of unbranched alkanes of at least 4 members (excludes halogenated alkanes) is 1. The Labute approximate surface area is 108 Å². The third kappa shape index (κ3) is 2.61. The maximum atomic E-state index is 2.49. The van der Waals surface area contributed by atoms with Gasteiger partial charge in [0, 0.05) is 0 Å². The van der Waals surface area contributed by atoms with Crippen LogP contribution in [0.25, 0.3) is 0 Å². The lowest BCUT2D eigenvalue weighted by atomic mass is 9.68. The van der Waals surface area contributed by atoms with E-state index < -0.39 is 0 Å². The van der Waals surface area contributed by atoms with Gasteiger partial charge in [-0.2, -0.15) is 0 Å². The molecule has 1 saturated carbocycles. The van der Waals surface area contributed by atoms with Gasteiger partial charge in [0.05, 0.1) is 0 Å². The Morgan fingerprint density at radius 3 is 2.65 bits per heavy atom. The highest BCUT2D eigenvalue weighted by molar-refractivity contribution is 5.33. The van der Waals surface area contributed by atoms with Crippen molar-refractivity contribution in [2.75, 3.05) is 0 Å². The highest BCUT2D eigenvalue weighted by atomic mass is 14.4. The second-order valence-electron chi connectivity index (χ2n) is 6.61. The number of hydrogen-bond acceptors (Lipinski definition) is 0. The van der Waals surface area contributed by atoms with Crippen molar-refractivity contribution >= 4 is 0 Å². The van der Waals surface area contributed by atoms with Crippen LogP contribution in [-0.4, -0.2) is 0 Å². The molecule has 0 nitrogen and oxygen atoms in total. The molecule has 1 fully saturated rings. The van der Waals surface area contributed by atoms with Crippen molar-refractivity contribution in [2.24, 2.45) is 23.7 Å². The molecular formula is C17H30. The molecule has 2 aliphatic rings. The van der Waals surface area contributed by atoms with Crippen molar-refractivity contribution in [3.63, 3.8) is 0 Å². The standard InChI is InChI=1S/C17H30/c1-5-6-8-12(2)13(3)14(4)17-11-15-9-7-10-16(15)17/h12-15H,5-11H2,1-4H3/t12?,13?,14?,15-/m0/s1. The van der Waals surface area contributed by atoms with Gasteiger partial charge in [-0.1, -0.05) is 58.1 Å². The molecule has 0 aromatic carbocycles. The first-order valence-electron chi connectivity index (χ1n) is 7.87. The van der Waals surface area contributed by atoms with Gasteiger partial charge in [0.15, 0.2) is 0 Å². The zero-order valence-electron chi connectivity index (χ0n) is 12.3. The van der Waals surface area contributed by atoms with Crippen LogP contribution in [0.4, 0.5) is 0 Å². The van der Waals surface area contributed by atoms with Crippen LogP contribution in [0.5, 0.6) is 0 Å². The fourth-order valence-corrected chi connectivity index (χ4v) is 3.91. The zero-order valence-corrected chi connectivity index (χ0v) is 12.3. The first kappa shape index (κ1) is 13.2. The number of fused-ring (bicyclic) bond motifs is 1. The lowest BCUT2D eigenvalue weighted by Crippen LogP contribution is -2.26. The van der Waals surface area contributed by atoms with Gasteiger partial charge in [0.1, 0.15) is 0 Å². The second-order valence-corrected chi connectivity index (χ2v) is 6.61. The summed E-state index contributed by atoms with van der Waals surface area (Å²) in [6.07, 6.45) is 10.0. The molecule has 0 saturated heterocycles. The third-order valence-electron chi connectivity index (χ3n) is 5.62. The molecule has 0 N–H and O–H groups in total. The van der Waals surface area contributed by atoms with Gasteiger partial charge < -0.3 is 0 Å². The fourth-order valence-electron chi connectivity index (χ4n) is 3.91. The van der Waals surface area contributed by atoms with Crippen LogP contribution in [0.15, 0.2) is 11.1 Å². The SMILES string of the molecule is CCCCC(C)C(C)C(C)C1=C2CCC[C@H]2C1. The van der Waals surface area contributed by atoms with Crippen molar-refractivity contribution in [3.05, 3.63) is 11.1 Å². The quantitative estimate of drug-likeness (QED) is 0.526. The summed E-state index contributed by atoms with van der Waals surface area (Å²) in [7, 11) is 0. The Bertz CT molecular complexity index is 286. The van der Waals surface area contributed by atoms with E-state index in [4.69, 9.17) is 0 Å². The van der Waals surface area contributed by atoms with Crippen molar-refractivity contribution in [3.8, 4) is 0 Å². The summed E-state index contributed by atoms with van der Waals surface area (Å²) in [5.74, 6) is 3.65. The van der Waals surface area contributed by atoms with Gasteiger partial charge in [0.25, 0.3) is 0 Å². The predicted molar refractivity (Wildman–Crippen MR) is 76.0 cm³/mol. The van der Waals surface area contributed by atoms with Crippen molar-refractivity contribution in [1.82, 2.24) is 0 Å². The van der Waals surface area contributed by atoms with Gasteiger partial charge in [-0.3, -0.25) is 0 Å². The molecular weight excluding hydrogens is 204 g/mol. The van der Waals surface area contributed by atoms with Crippen molar-refractivity contribution in [1.29, 1.82) is 0 Å². The van der Waals surface area contributed by atoms with Gasteiger partial charge in [-0.15, -0.1) is 0 Å². The van der Waals surface area contributed by atoms with E-state index in [0.717, 1.165) is 23.7 Å². The maximum absolute atomic E-state index is 2.49. The smallest absolute Gasteiger partial charge is 0.0163 e. The van der Waals surface area contributed by atoms with Gasteiger partial charge >= 0.3 is 0 Å². The molecule has 2 rings (SSSR count). The van der Waals surface area contributed by atoms with Crippen molar-refractivity contribution < 1.29 is 0 Å². The number of hydrogen-bond donors (Lipinski definition) is 0. The Hall–Kier alpha value is -0.260. The number of allylic oxidation sites excluding steroid dienone is 2. The summed E-state index contributed by atoms with van der Waals surface area (Å²) in [5.41, 5.74) is 3.75. The van der Waals surface area contributed by atoms with E-state index in [-0.39, 0.29) is 0 Å². The molecule has 0 radical (unpaired) electrons. The third-order valence-corrected chi connectivity index (χ3v) is 5.62. The molecule has 3 unspecified atom stereocenters. The normalized spacial score (nSPS) is 28.6. The molecule has 0 aromatic rings. The van der Waals surface area contributed by atoms with Crippen LogP contribution in [0.2, 0.25) is 0 Å².